The molecule has 0 unspecified atom stereocenters. The van der Waals surface area contributed by atoms with E-state index in [1.54, 1.807) is 18.4 Å². The minimum absolute atomic E-state index is 0.479. The Labute approximate surface area is 99.1 Å². The quantitative estimate of drug-likeness (QED) is 0.755. The largest absolute Gasteiger partial charge is 0.467 e. The van der Waals surface area contributed by atoms with Gasteiger partial charge in [-0.25, -0.2) is 0 Å². The maximum atomic E-state index is 10.9. The van der Waals surface area contributed by atoms with Crippen LogP contribution in [0, 0.1) is 11.3 Å². The van der Waals surface area contributed by atoms with E-state index in [2.05, 4.69) is 6.07 Å². The van der Waals surface area contributed by atoms with Crippen molar-refractivity contribution in [1.82, 2.24) is 4.57 Å². The zero-order valence-electron chi connectivity index (χ0n) is 9.51. The molecule has 0 saturated heterocycles. The van der Waals surface area contributed by atoms with Crippen molar-refractivity contribution in [1.29, 1.82) is 5.26 Å². The summed E-state index contributed by atoms with van der Waals surface area (Å²) in [5, 5.41) is 9.06. The fourth-order valence-corrected chi connectivity index (χ4v) is 1.94. The van der Waals surface area contributed by atoms with E-state index in [0.717, 1.165) is 17.7 Å². The third kappa shape index (κ3) is 2.00. The standard InChI is InChI=1S/C13H12N2O2/c1-2-13-10(9-16)6-11(7-14)15(13)8-12-4-3-5-17-12/h3-6,9H,2,8H2,1H3. The highest BCUT2D eigenvalue weighted by Crippen LogP contribution is 2.17. The lowest BCUT2D eigenvalue weighted by Crippen LogP contribution is -2.06. The van der Waals surface area contributed by atoms with E-state index in [1.807, 2.05) is 17.6 Å². The van der Waals surface area contributed by atoms with Crippen molar-refractivity contribution in [2.45, 2.75) is 19.9 Å². The van der Waals surface area contributed by atoms with Crippen LogP contribution in [0.1, 0.15) is 34.4 Å². The first-order chi connectivity index (χ1) is 8.30. The first kappa shape index (κ1) is 11.2. The van der Waals surface area contributed by atoms with Crippen LogP contribution in [0.4, 0.5) is 0 Å². The summed E-state index contributed by atoms with van der Waals surface area (Å²) >= 11 is 0. The Hall–Kier alpha value is -2.28. The molecule has 0 radical (unpaired) electrons. The summed E-state index contributed by atoms with van der Waals surface area (Å²) in [5.41, 5.74) is 1.93. The lowest BCUT2D eigenvalue weighted by Gasteiger charge is -2.07. The molecule has 0 fully saturated rings. The molecular formula is C13H12N2O2. The van der Waals surface area contributed by atoms with Gasteiger partial charge in [0.2, 0.25) is 0 Å². The third-order valence-electron chi connectivity index (χ3n) is 2.71. The van der Waals surface area contributed by atoms with Crippen molar-refractivity contribution >= 4 is 6.29 Å². The molecule has 2 rings (SSSR count). The van der Waals surface area contributed by atoms with Crippen LogP contribution in [0.5, 0.6) is 0 Å². The number of nitrogens with zero attached hydrogens (tertiary/aromatic N) is 2. The second kappa shape index (κ2) is 4.71. The van der Waals surface area contributed by atoms with E-state index >= 15 is 0 Å². The van der Waals surface area contributed by atoms with Crippen molar-refractivity contribution < 1.29 is 9.21 Å². The molecule has 2 aromatic rings. The summed E-state index contributed by atoms with van der Waals surface area (Å²) in [6.45, 7) is 2.44. The highest BCUT2D eigenvalue weighted by atomic mass is 16.3. The van der Waals surface area contributed by atoms with E-state index in [9.17, 15) is 4.79 Å². The number of carbonyl (C=O) groups excluding carboxylic acids is 1. The second-order valence-corrected chi connectivity index (χ2v) is 3.68. The fourth-order valence-electron chi connectivity index (χ4n) is 1.94. The molecule has 0 spiro atoms. The number of hydrogen-bond donors (Lipinski definition) is 0. The summed E-state index contributed by atoms with van der Waals surface area (Å²) in [7, 11) is 0. The van der Waals surface area contributed by atoms with Crippen LogP contribution in [0.3, 0.4) is 0 Å². The molecular weight excluding hydrogens is 216 g/mol. The zero-order chi connectivity index (χ0) is 12.3. The molecule has 0 aromatic carbocycles. The van der Waals surface area contributed by atoms with Gasteiger partial charge in [0.25, 0.3) is 0 Å². The van der Waals surface area contributed by atoms with E-state index in [4.69, 9.17) is 9.68 Å². The molecule has 86 valence electrons. The van der Waals surface area contributed by atoms with Gasteiger partial charge in [-0.1, -0.05) is 6.92 Å². The van der Waals surface area contributed by atoms with Crippen molar-refractivity contribution in [2.75, 3.05) is 0 Å². The van der Waals surface area contributed by atoms with Gasteiger partial charge in [0.15, 0.2) is 6.29 Å². The molecule has 4 nitrogen and oxygen atoms in total. The Bertz CT molecular complexity index is 559. The maximum absolute atomic E-state index is 10.9. The summed E-state index contributed by atoms with van der Waals surface area (Å²) in [6, 6.07) is 7.37. The number of hydrogen-bond acceptors (Lipinski definition) is 3. The van der Waals surface area contributed by atoms with Crippen LogP contribution < -0.4 is 0 Å². The third-order valence-corrected chi connectivity index (χ3v) is 2.71. The van der Waals surface area contributed by atoms with Crippen molar-refractivity contribution in [3.8, 4) is 6.07 Å². The van der Waals surface area contributed by atoms with Gasteiger partial charge >= 0.3 is 0 Å². The van der Waals surface area contributed by atoms with Crippen LogP contribution >= 0.6 is 0 Å². The SMILES string of the molecule is CCc1c(C=O)cc(C#N)n1Cc1ccco1. The Balaban J connectivity index is 2.47. The molecule has 0 atom stereocenters. The smallest absolute Gasteiger partial charge is 0.151 e. The first-order valence-electron chi connectivity index (χ1n) is 5.40. The monoisotopic (exact) mass is 228 g/mol. The number of nitriles is 1. The summed E-state index contributed by atoms with van der Waals surface area (Å²) in [4.78, 5) is 10.9. The highest BCUT2D eigenvalue weighted by Gasteiger charge is 2.14. The van der Waals surface area contributed by atoms with E-state index in [1.165, 1.54) is 0 Å². The first-order valence-corrected chi connectivity index (χ1v) is 5.40. The van der Waals surface area contributed by atoms with Crippen molar-refractivity contribution in [3.63, 3.8) is 0 Å². The van der Waals surface area contributed by atoms with Gasteiger partial charge in [-0.05, 0) is 24.6 Å². The van der Waals surface area contributed by atoms with Gasteiger partial charge in [-0.3, -0.25) is 4.79 Å². The topological polar surface area (TPSA) is 58.9 Å². The molecule has 0 saturated carbocycles. The van der Waals surface area contributed by atoms with E-state index in [0.29, 0.717) is 24.2 Å². The molecule has 0 aliphatic heterocycles. The minimum atomic E-state index is 0.479. The molecule has 0 bridgehead atoms. The van der Waals surface area contributed by atoms with Crippen LogP contribution in [0.2, 0.25) is 0 Å². The van der Waals surface area contributed by atoms with Gasteiger partial charge < -0.3 is 8.98 Å². The second-order valence-electron chi connectivity index (χ2n) is 3.68. The molecule has 0 aliphatic carbocycles. The molecule has 0 N–H and O–H groups in total. The Morgan fingerprint density at radius 1 is 1.59 bits per heavy atom. The molecule has 2 aromatic heterocycles. The van der Waals surface area contributed by atoms with Crippen LogP contribution in [-0.2, 0) is 13.0 Å². The zero-order valence-corrected chi connectivity index (χ0v) is 9.51. The van der Waals surface area contributed by atoms with Gasteiger partial charge in [0, 0.05) is 11.3 Å². The van der Waals surface area contributed by atoms with Gasteiger partial charge in [-0.15, -0.1) is 0 Å². The Kier molecular flexibility index (Phi) is 3.10. The molecule has 17 heavy (non-hydrogen) atoms. The highest BCUT2D eigenvalue weighted by molar-refractivity contribution is 5.77. The molecule has 2 heterocycles. The molecule has 0 aliphatic rings. The predicted octanol–water partition coefficient (Wildman–Crippen LogP) is 2.38. The lowest BCUT2D eigenvalue weighted by molar-refractivity contribution is 0.112. The number of aldehydes is 1. The molecule has 4 heteroatoms. The van der Waals surface area contributed by atoms with Gasteiger partial charge in [0.05, 0.1) is 12.8 Å². The number of carbonyl (C=O) groups is 1. The maximum Gasteiger partial charge on any atom is 0.151 e. The summed E-state index contributed by atoms with van der Waals surface area (Å²) in [5.74, 6) is 0.768. The predicted molar refractivity (Wildman–Crippen MR) is 61.7 cm³/mol. The Morgan fingerprint density at radius 2 is 2.41 bits per heavy atom. The van der Waals surface area contributed by atoms with Crippen molar-refractivity contribution in [3.05, 3.63) is 47.2 Å². The number of rotatable bonds is 4. The summed E-state index contributed by atoms with van der Waals surface area (Å²) < 4.78 is 7.08. The van der Waals surface area contributed by atoms with Crippen LogP contribution in [-0.4, -0.2) is 10.9 Å². The van der Waals surface area contributed by atoms with Crippen molar-refractivity contribution in [2.24, 2.45) is 0 Å². The average Bonchev–Trinajstić information content (AvgIpc) is 2.96. The average molecular weight is 228 g/mol. The van der Waals surface area contributed by atoms with E-state index < -0.39 is 0 Å². The molecule has 0 amide bonds. The van der Waals surface area contributed by atoms with Gasteiger partial charge in [-0.2, -0.15) is 5.26 Å². The normalized spacial score (nSPS) is 10.1. The Morgan fingerprint density at radius 3 is 2.94 bits per heavy atom. The van der Waals surface area contributed by atoms with E-state index in [-0.39, 0.29) is 0 Å². The number of furan rings is 1. The van der Waals surface area contributed by atoms with Gasteiger partial charge in [0.1, 0.15) is 17.5 Å². The fraction of sp³-hybridized carbons (Fsp3) is 0.231. The number of aromatic nitrogens is 1. The van der Waals surface area contributed by atoms with Crippen LogP contribution in [0.25, 0.3) is 0 Å². The lowest BCUT2D eigenvalue weighted by atomic mass is 10.2. The minimum Gasteiger partial charge on any atom is -0.467 e. The van der Waals surface area contributed by atoms with Crippen LogP contribution in [0.15, 0.2) is 28.9 Å². The summed E-state index contributed by atoms with van der Waals surface area (Å²) in [6.07, 6.45) is 3.09.